The van der Waals surface area contributed by atoms with E-state index in [0.29, 0.717) is 0 Å². The molecule has 0 spiro atoms. The molecular weight excluding hydrogens is 248 g/mol. The van der Waals surface area contributed by atoms with Crippen molar-refractivity contribution in [2.24, 2.45) is 0 Å². The van der Waals surface area contributed by atoms with Gasteiger partial charge in [0.1, 0.15) is 6.10 Å². The Kier molecular flexibility index (Phi) is 6.61. The molecule has 18 heavy (non-hydrogen) atoms. The topological polar surface area (TPSA) is 55.8 Å². The molecule has 0 amide bonds. The first-order valence-corrected chi connectivity index (χ1v) is 8.88. The predicted molar refractivity (Wildman–Crippen MR) is 73.6 cm³/mol. The van der Waals surface area contributed by atoms with Crippen molar-refractivity contribution in [3.05, 3.63) is 0 Å². The summed E-state index contributed by atoms with van der Waals surface area (Å²) >= 11 is 0. The number of rotatable bonds is 4. The van der Waals surface area contributed by atoms with E-state index in [4.69, 9.17) is 4.43 Å². The molecule has 0 saturated carbocycles. The summed E-state index contributed by atoms with van der Waals surface area (Å²) < 4.78 is 10.2. The molecule has 4 nitrogen and oxygen atoms in total. The molecule has 0 aromatic rings. The molecule has 0 bridgehead atoms. The summed E-state index contributed by atoms with van der Waals surface area (Å²) in [6.45, 7) is 11.0. The van der Waals surface area contributed by atoms with Gasteiger partial charge in [0, 0.05) is 0 Å². The fourth-order valence-electron chi connectivity index (χ4n) is 0.885. The van der Waals surface area contributed by atoms with Crippen LogP contribution in [0.2, 0.25) is 18.1 Å². The first kappa shape index (κ1) is 17.2. The van der Waals surface area contributed by atoms with Crippen LogP contribution >= 0.6 is 0 Å². The highest BCUT2D eigenvalue weighted by atomic mass is 28.4. The van der Waals surface area contributed by atoms with Crippen LogP contribution in [0.3, 0.4) is 0 Å². The molecule has 0 aromatic heterocycles. The van der Waals surface area contributed by atoms with E-state index in [1.165, 1.54) is 7.11 Å². The first-order valence-electron chi connectivity index (χ1n) is 5.97. The van der Waals surface area contributed by atoms with Gasteiger partial charge in [-0.1, -0.05) is 32.6 Å². The van der Waals surface area contributed by atoms with Crippen LogP contribution < -0.4 is 0 Å². The second-order valence-electron chi connectivity index (χ2n) is 5.67. The van der Waals surface area contributed by atoms with Crippen LogP contribution in [0.5, 0.6) is 0 Å². The van der Waals surface area contributed by atoms with Crippen LogP contribution in [0.25, 0.3) is 0 Å². The van der Waals surface area contributed by atoms with Crippen molar-refractivity contribution in [2.75, 3.05) is 13.7 Å². The van der Waals surface area contributed by atoms with E-state index in [0.717, 1.165) is 0 Å². The second-order valence-corrected chi connectivity index (χ2v) is 10.5. The van der Waals surface area contributed by atoms with Crippen LogP contribution in [0.15, 0.2) is 0 Å². The van der Waals surface area contributed by atoms with Crippen LogP contribution in [0.1, 0.15) is 27.2 Å². The van der Waals surface area contributed by atoms with E-state index in [1.807, 2.05) is 0 Å². The Labute approximate surface area is 111 Å². The normalized spacial score (nSPS) is 13.5. The molecule has 0 fully saturated rings. The Bertz CT molecular complexity index is 333. The number of hydrogen-bond donors (Lipinski definition) is 1. The van der Waals surface area contributed by atoms with E-state index in [-0.39, 0.29) is 18.1 Å². The highest BCUT2D eigenvalue weighted by Crippen LogP contribution is 2.36. The van der Waals surface area contributed by atoms with Gasteiger partial charge in [-0.05, 0) is 18.1 Å². The van der Waals surface area contributed by atoms with Gasteiger partial charge in [0.05, 0.1) is 20.1 Å². The maximum absolute atomic E-state index is 10.9. The Balaban J connectivity index is 4.17. The van der Waals surface area contributed by atoms with E-state index in [2.05, 4.69) is 50.4 Å². The smallest absolute Gasteiger partial charge is 0.309 e. The molecule has 0 radical (unpaired) electrons. The fourth-order valence-corrected chi connectivity index (χ4v) is 1.75. The number of ether oxygens (including phenoxy) is 1. The Morgan fingerprint density at radius 1 is 1.39 bits per heavy atom. The maximum Gasteiger partial charge on any atom is 0.309 e. The summed E-state index contributed by atoms with van der Waals surface area (Å²) in [5.74, 6) is 4.85. The standard InChI is InChI=1S/C13H24O4Si/c1-13(2,3)18(5,6)17-9-7-8-11(14)10-12(15)16-4/h11,14H,9-10H2,1-6H3/t11-/m0/s1. The van der Waals surface area contributed by atoms with Gasteiger partial charge < -0.3 is 14.3 Å². The van der Waals surface area contributed by atoms with Gasteiger partial charge in [-0.3, -0.25) is 4.79 Å². The largest absolute Gasteiger partial charge is 0.469 e. The molecule has 0 aliphatic rings. The minimum Gasteiger partial charge on any atom is -0.469 e. The second kappa shape index (κ2) is 6.93. The quantitative estimate of drug-likeness (QED) is 0.483. The predicted octanol–water partition coefficient (Wildman–Crippen LogP) is 1.94. The fraction of sp³-hybridized carbons (Fsp3) is 0.769. The average Bonchev–Trinajstić information content (AvgIpc) is 2.22. The number of carbonyl (C=O) groups is 1. The summed E-state index contributed by atoms with van der Waals surface area (Å²) in [5, 5.41) is 9.56. The summed E-state index contributed by atoms with van der Waals surface area (Å²) in [6, 6.07) is 0. The summed E-state index contributed by atoms with van der Waals surface area (Å²) in [5.41, 5.74) is 0. The Hall–Kier alpha value is -0.833. The molecule has 0 heterocycles. The molecular formula is C13H24O4Si. The lowest BCUT2D eigenvalue weighted by Crippen LogP contribution is -2.40. The number of carbonyl (C=O) groups excluding carboxylic acids is 1. The number of hydrogen-bond acceptors (Lipinski definition) is 4. The monoisotopic (exact) mass is 272 g/mol. The maximum atomic E-state index is 10.9. The number of aliphatic hydroxyl groups is 1. The number of methoxy groups -OCH3 is 1. The summed E-state index contributed by atoms with van der Waals surface area (Å²) in [7, 11) is -0.511. The van der Waals surface area contributed by atoms with Gasteiger partial charge in [0.2, 0.25) is 0 Å². The Morgan fingerprint density at radius 3 is 2.39 bits per heavy atom. The number of aliphatic hydroxyl groups excluding tert-OH is 1. The van der Waals surface area contributed by atoms with Crippen molar-refractivity contribution in [3.8, 4) is 11.8 Å². The summed E-state index contributed by atoms with van der Waals surface area (Å²) in [6.07, 6.45) is -1.09. The lowest BCUT2D eigenvalue weighted by molar-refractivity contribution is -0.142. The molecule has 1 N–H and O–H groups in total. The van der Waals surface area contributed by atoms with Gasteiger partial charge in [0.15, 0.2) is 8.32 Å². The molecule has 0 aliphatic heterocycles. The third-order valence-corrected chi connectivity index (χ3v) is 7.65. The lowest BCUT2D eigenvalue weighted by Gasteiger charge is -2.35. The third kappa shape index (κ3) is 6.19. The first-order chi connectivity index (χ1) is 8.10. The van der Waals surface area contributed by atoms with Gasteiger partial charge in [-0.2, -0.15) is 0 Å². The minimum absolute atomic E-state index is 0.108. The van der Waals surface area contributed by atoms with E-state index in [9.17, 15) is 9.90 Å². The van der Waals surface area contributed by atoms with Crippen LogP contribution in [0, 0.1) is 11.8 Å². The lowest BCUT2D eigenvalue weighted by atomic mass is 10.2. The SMILES string of the molecule is COC(=O)C[C@@H](O)C#CCO[Si](C)(C)C(C)(C)C. The van der Waals surface area contributed by atoms with Crippen LogP contribution in [0.4, 0.5) is 0 Å². The highest BCUT2D eigenvalue weighted by Gasteiger charge is 2.36. The Morgan fingerprint density at radius 2 is 1.94 bits per heavy atom. The van der Waals surface area contributed by atoms with Gasteiger partial charge in [-0.25, -0.2) is 0 Å². The molecule has 0 unspecified atom stereocenters. The van der Waals surface area contributed by atoms with Gasteiger partial charge in [-0.15, -0.1) is 0 Å². The molecule has 1 atom stereocenters. The van der Waals surface area contributed by atoms with Crippen molar-refractivity contribution < 1.29 is 19.1 Å². The zero-order valence-corrected chi connectivity index (χ0v) is 13.2. The third-order valence-electron chi connectivity index (χ3n) is 3.17. The van der Waals surface area contributed by atoms with E-state index >= 15 is 0 Å². The average molecular weight is 272 g/mol. The van der Waals surface area contributed by atoms with Crippen molar-refractivity contribution in [1.29, 1.82) is 0 Å². The molecule has 0 aromatic carbocycles. The zero-order valence-electron chi connectivity index (χ0n) is 12.2. The van der Waals surface area contributed by atoms with Crippen LogP contribution in [-0.2, 0) is 14.0 Å². The van der Waals surface area contributed by atoms with Gasteiger partial charge in [0.25, 0.3) is 0 Å². The number of esters is 1. The van der Waals surface area contributed by atoms with E-state index < -0.39 is 20.4 Å². The molecule has 0 rings (SSSR count). The van der Waals surface area contributed by atoms with E-state index in [1.54, 1.807) is 0 Å². The van der Waals surface area contributed by atoms with Crippen molar-refractivity contribution in [3.63, 3.8) is 0 Å². The van der Waals surface area contributed by atoms with Gasteiger partial charge >= 0.3 is 5.97 Å². The van der Waals surface area contributed by atoms with Crippen molar-refractivity contribution >= 4 is 14.3 Å². The van der Waals surface area contributed by atoms with Crippen LogP contribution in [-0.4, -0.2) is 39.2 Å². The molecule has 104 valence electrons. The highest BCUT2D eigenvalue weighted by molar-refractivity contribution is 6.74. The molecule has 0 saturated heterocycles. The zero-order chi connectivity index (χ0) is 14.4. The molecule has 5 heteroatoms. The summed E-state index contributed by atoms with van der Waals surface area (Å²) in [4.78, 5) is 10.9. The minimum atomic E-state index is -1.79. The van der Waals surface area contributed by atoms with Crippen molar-refractivity contribution in [1.82, 2.24) is 0 Å². The molecule has 0 aliphatic carbocycles. The van der Waals surface area contributed by atoms with Crippen molar-refractivity contribution in [2.45, 2.75) is 51.4 Å².